The van der Waals surface area contributed by atoms with Crippen LogP contribution in [-0.4, -0.2) is 30.2 Å². The summed E-state index contributed by atoms with van der Waals surface area (Å²) >= 11 is 0. The van der Waals surface area contributed by atoms with Crippen molar-refractivity contribution in [3.8, 4) is 0 Å². The van der Waals surface area contributed by atoms with Gasteiger partial charge in [0.25, 0.3) is 0 Å². The van der Waals surface area contributed by atoms with E-state index in [9.17, 15) is 14.0 Å². The fraction of sp³-hybridized carbons (Fsp3) is 0.385. The Morgan fingerprint density at radius 2 is 2.16 bits per heavy atom. The molecular weight excluding hydrogens is 253 g/mol. The van der Waals surface area contributed by atoms with E-state index in [0.29, 0.717) is 6.42 Å². The first-order valence-electron chi connectivity index (χ1n) is 5.79. The molecule has 0 aliphatic heterocycles. The lowest BCUT2D eigenvalue weighted by Gasteiger charge is -2.10. The molecule has 0 saturated carbocycles. The van der Waals surface area contributed by atoms with Gasteiger partial charge in [0.2, 0.25) is 5.91 Å². The minimum Gasteiger partial charge on any atom is -0.478 e. The fourth-order valence-electron chi connectivity index (χ4n) is 1.44. The second-order valence-electron chi connectivity index (χ2n) is 4.13. The number of methoxy groups -OCH3 is 1. The van der Waals surface area contributed by atoms with E-state index >= 15 is 0 Å². The maximum absolute atomic E-state index is 13.1. The predicted octanol–water partition coefficient (Wildman–Crippen LogP) is 2.28. The number of aromatic carboxylic acids is 1. The highest BCUT2D eigenvalue weighted by Gasteiger charge is 2.12. The van der Waals surface area contributed by atoms with Crippen LogP contribution in [0.5, 0.6) is 0 Å². The Balaban J connectivity index is 2.64. The van der Waals surface area contributed by atoms with E-state index in [0.717, 1.165) is 12.1 Å². The molecule has 0 aliphatic carbocycles. The van der Waals surface area contributed by atoms with Gasteiger partial charge < -0.3 is 15.2 Å². The Morgan fingerprint density at radius 3 is 2.74 bits per heavy atom. The molecule has 1 unspecified atom stereocenters. The molecule has 2 N–H and O–H groups in total. The summed E-state index contributed by atoms with van der Waals surface area (Å²) in [6.45, 7) is 1.84. The van der Waals surface area contributed by atoms with Crippen molar-refractivity contribution in [3.05, 3.63) is 29.6 Å². The van der Waals surface area contributed by atoms with Crippen molar-refractivity contribution in [1.82, 2.24) is 0 Å². The number of anilines is 1. The van der Waals surface area contributed by atoms with E-state index < -0.39 is 17.3 Å². The smallest absolute Gasteiger partial charge is 0.338 e. The summed E-state index contributed by atoms with van der Waals surface area (Å²) < 4.78 is 18.2. The van der Waals surface area contributed by atoms with Gasteiger partial charge in [-0.1, -0.05) is 0 Å². The molecule has 6 heteroatoms. The molecule has 0 radical (unpaired) electrons. The number of hydrogen-bond acceptors (Lipinski definition) is 3. The molecule has 0 aromatic heterocycles. The van der Waals surface area contributed by atoms with Crippen molar-refractivity contribution >= 4 is 17.6 Å². The highest BCUT2D eigenvalue weighted by molar-refractivity contribution is 5.94. The van der Waals surface area contributed by atoms with Crippen molar-refractivity contribution < 1.29 is 23.8 Å². The van der Waals surface area contributed by atoms with E-state index in [1.807, 2.05) is 6.92 Å². The lowest BCUT2D eigenvalue weighted by atomic mass is 10.1. The largest absolute Gasteiger partial charge is 0.478 e. The molecule has 1 amide bonds. The van der Waals surface area contributed by atoms with Crippen LogP contribution in [0.15, 0.2) is 18.2 Å². The van der Waals surface area contributed by atoms with Crippen molar-refractivity contribution in [2.75, 3.05) is 12.4 Å². The second-order valence-corrected chi connectivity index (χ2v) is 4.13. The second kappa shape index (κ2) is 6.84. The van der Waals surface area contributed by atoms with Gasteiger partial charge >= 0.3 is 5.97 Å². The fourth-order valence-corrected chi connectivity index (χ4v) is 1.44. The van der Waals surface area contributed by atoms with E-state index in [1.54, 1.807) is 7.11 Å². The number of carbonyl (C=O) groups is 2. The maximum Gasteiger partial charge on any atom is 0.338 e. The molecular formula is C13H16FNO4. The number of halogens is 1. The third-order valence-corrected chi connectivity index (χ3v) is 2.66. The van der Waals surface area contributed by atoms with Gasteiger partial charge in [-0.15, -0.1) is 0 Å². The van der Waals surface area contributed by atoms with Crippen LogP contribution in [0.1, 0.15) is 30.1 Å². The van der Waals surface area contributed by atoms with E-state index in [1.165, 1.54) is 6.07 Å². The molecule has 0 bridgehead atoms. The molecule has 0 saturated heterocycles. The summed E-state index contributed by atoms with van der Waals surface area (Å²) in [4.78, 5) is 22.3. The molecule has 1 rings (SSSR count). The van der Waals surface area contributed by atoms with Crippen molar-refractivity contribution in [2.45, 2.75) is 25.9 Å². The Labute approximate surface area is 110 Å². The Bertz CT molecular complexity index is 476. The van der Waals surface area contributed by atoms with E-state index in [2.05, 4.69) is 5.32 Å². The molecule has 19 heavy (non-hydrogen) atoms. The quantitative estimate of drug-likeness (QED) is 0.830. The van der Waals surface area contributed by atoms with Gasteiger partial charge in [-0.2, -0.15) is 0 Å². The number of benzene rings is 1. The number of rotatable bonds is 6. The summed E-state index contributed by atoms with van der Waals surface area (Å²) in [5.74, 6) is -2.48. The third kappa shape index (κ3) is 4.67. The van der Waals surface area contributed by atoms with Crippen molar-refractivity contribution in [3.63, 3.8) is 0 Å². The first-order valence-corrected chi connectivity index (χ1v) is 5.79. The molecule has 0 fully saturated rings. The van der Waals surface area contributed by atoms with Crippen molar-refractivity contribution in [2.24, 2.45) is 0 Å². The zero-order chi connectivity index (χ0) is 14.4. The van der Waals surface area contributed by atoms with Gasteiger partial charge in [0.1, 0.15) is 5.82 Å². The Kier molecular flexibility index (Phi) is 5.44. The lowest BCUT2D eigenvalue weighted by molar-refractivity contribution is -0.116. The highest BCUT2D eigenvalue weighted by Crippen LogP contribution is 2.15. The molecule has 0 aliphatic rings. The third-order valence-electron chi connectivity index (χ3n) is 2.66. The van der Waals surface area contributed by atoms with Crippen LogP contribution in [0.3, 0.4) is 0 Å². The molecule has 1 aromatic carbocycles. The zero-order valence-corrected chi connectivity index (χ0v) is 10.8. The molecule has 0 heterocycles. The number of nitrogens with one attached hydrogen (secondary N) is 1. The number of carboxylic acids is 1. The van der Waals surface area contributed by atoms with Crippen LogP contribution in [0.4, 0.5) is 10.1 Å². The number of amides is 1. The van der Waals surface area contributed by atoms with E-state index in [-0.39, 0.29) is 24.1 Å². The Morgan fingerprint density at radius 1 is 1.47 bits per heavy atom. The van der Waals surface area contributed by atoms with Crippen LogP contribution >= 0.6 is 0 Å². The van der Waals surface area contributed by atoms with Gasteiger partial charge in [-0.3, -0.25) is 4.79 Å². The first kappa shape index (κ1) is 15.1. The topological polar surface area (TPSA) is 75.6 Å². The summed E-state index contributed by atoms with van der Waals surface area (Å²) in [5, 5.41) is 11.3. The lowest BCUT2D eigenvalue weighted by Crippen LogP contribution is -2.15. The van der Waals surface area contributed by atoms with E-state index in [4.69, 9.17) is 9.84 Å². The molecule has 104 valence electrons. The molecule has 0 spiro atoms. The van der Waals surface area contributed by atoms with Gasteiger partial charge in [-0.25, -0.2) is 9.18 Å². The minimum absolute atomic E-state index is 0.0338. The Hall–Kier alpha value is -1.95. The monoisotopic (exact) mass is 269 g/mol. The van der Waals surface area contributed by atoms with Crippen LogP contribution in [0, 0.1) is 5.82 Å². The highest BCUT2D eigenvalue weighted by atomic mass is 19.1. The van der Waals surface area contributed by atoms with Crippen LogP contribution in [0.25, 0.3) is 0 Å². The predicted molar refractivity (Wildman–Crippen MR) is 67.7 cm³/mol. The van der Waals surface area contributed by atoms with Crippen LogP contribution < -0.4 is 5.32 Å². The molecule has 1 atom stereocenters. The van der Waals surface area contributed by atoms with Gasteiger partial charge in [-0.05, 0) is 31.5 Å². The zero-order valence-electron chi connectivity index (χ0n) is 10.8. The maximum atomic E-state index is 13.1. The summed E-state index contributed by atoms with van der Waals surface area (Å²) in [6.07, 6.45) is 0.762. The number of carboxylic acid groups (broad SMARTS) is 1. The van der Waals surface area contributed by atoms with Crippen LogP contribution in [0.2, 0.25) is 0 Å². The molecule has 1 aromatic rings. The van der Waals surface area contributed by atoms with Gasteiger partial charge in [0.05, 0.1) is 11.7 Å². The van der Waals surface area contributed by atoms with Crippen molar-refractivity contribution in [1.29, 1.82) is 0 Å². The normalized spacial score (nSPS) is 11.9. The number of carbonyl (C=O) groups excluding carboxylic acids is 1. The van der Waals surface area contributed by atoms with Gasteiger partial charge in [0, 0.05) is 19.2 Å². The summed E-state index contributed by atoms with van der Waals surface area (Å²) in [7, 11) is 1.56. The SMILES string of the molecule is COC(C)CCC(=O)Nc1ccc(F)c(C(=O)O)c1. The molecule has 5 nitrogen and oxygen atoms in total. The number of hydrogen-bond donors (Lipinski definition) is 2. The minimum atomic E-state index is -1.37. The standard InChI is InChI=1S/C13H16FNO4/c1-8(19-2)3-6-12(16)15-9-4-5-11(14)10(7-9)13(17)18/h4-5,7-8H,3,6H2,1-2H3,(H,15,16)(H,17,18). The first-order chi connectivity index (χ1) is 8.93. The average molecular weight is 269 g/mol. The number of ether oxygens (including phenoxy) is 1. The van der Waals surface area contributed by atoms with Crippen LogP contribution in [-0.2, 0) is 9.53 Å². The summed E-state index contributed by atoms with van der Waals surface area (Å²) in [6, 6.07) is 3.42. The van der Waals surface area contributed by atoms with Gasteiger partial charge in [0.15, 0.2) is 0 Å². The average Bonchev–Trinajstić information content (AvgIpc) is 2.37. The summed E-state index contributed by atoms with van der Waals surface area (Å²) in [5.41, 5.74) is -0.211.